The van der Waals surface area contributed by atoms with Gasteiger partial charge in [-0.15, -0.1) is 0 Å². The molecule has 0 spiro atoms. The Bertz CT molecular complexity index is 958. The number of halogens is 1. The number of benzene rings is 2. The minimum absolute atomic E-state index is 0.202. The Kier molecular flexibility index (Phi) is 6.66. The number of amides is 1. The normalized spacial score (nSPS) is 16.3. The van der Waals surface area contributed by atoms with E-state index in [0.717, 1.165) is 5.69 Å². The molecule has 156 valence electrons. The van der Waals surface area contributed by atoms with Crippen molar-refractivity contribution in [2.24, 2.45) is 0 Å². The minimum Gasteiger partial charge on any atom is -0.481 e. The Labute approximate surface area is 176 Å². The molecule has 1 aliphatic rings. The highest BCUT2D eigenvalue weighted by atomic mass is 35.5. The number of ether oxygens (including phenoxy) is 1. The molecule has 1 atom stereocenters. The van der Waals surface area contributed by atoms with Crippen LogP contribution in [0.4, 0.5) is 5.69 Å². The van der Waals surface area contributed by atoms with E-state index in [1.165, 1.54) is 23.5 Å². The molecule has 1 N–H and O–H groups in total. The zero-order valence-corrected chi connectivity index (χ0v) is 17.9. The van der Waals surface area contributed by atoms with E-state index >= 15 is 0 Å². The Morgan fingerprint density at radius 1 is 1.10 bits per heavy atom. The van der Waals surface area contributed by atoms with Gasteiger partial charge >= 0.3 is 0 Å². The van der Waals surface area contributed by atoms with Gasteiger partial charge in [0.15, 0.2) is 6.10 Å². The topological polar surface area (TPSA) is 78.9 Å². The first-order valence-corrected chi connectivity index (χ1v) is 11.1. The van der Waals surface area contributed by atoms with E-state index in [9.17, 15) is 13.2 Å². The van der Waals surface area contributed by atoms with Crippen LogP contribution in [0, 0.1) is 0 Å². The van der Waals surface area contributed by atoms with Gasteiger partial charge in [0.05, 0.1) is 4.90 Å². The van der Waals surface area contributed by atoms with Crippen LogP contribution in [0.2, 0.25) is 5.02 Å². The van der Waals surface area contributed by atoms with Crippen molar-refractivity contribution in [1.29, 1.82) is 0 Å². The summed E-state index contributed by atoms with van der Waals surface area (Å²) in [5, 5.41) is 3.16. The zero-order valence-electron chi connectivity index (χ0n) is 16.3. The van der Waals surface area contributed by atoms with E-state index in [0.29, 0.717) is 37.0 Å². The lowest BCUT2D eigenvalue weighted by molar-refractivity contribution is -0.126. The predicted molar refractivity (Wildman–Crippen MR) is 113 cm³/mol. The summed E-state index contributed by atoms with van der Waals surface area (Å²) in [5.41, 5.74) is 0.987. The van der Waals surface area contributed by atoms with Gasteiger partial charge in [0, 0.05) is 43.9 Å². The summed E-state index contributed by atoms with van der Waals surface area (Å²) in [6, 6.07) is 13.7. The Hall–Kier alpha value is -2.29. The smallest absolute Gasteiger partial charge is 0.260 e. The molecule has 0 aromatic heterocycles. The molecule has 2 aromatic rings. The van der Waals surface area contributed by atoms with Gasteiger partial charge < -0.3 is 15.0 Å². The molecule has 1 fully saturated rings. The summed E-state index contributed by atoms with van der Waals surface area (Å²) in [4.78, 5) is 13.9. The van der Waals surface area contributed by atoms with Crippen molar-refractivity contribution in [3.63, 3.8) is 0 Å². The Balaban J connectivity index is 1.64. The van der Waals surface area contributed by atoms with E-state index in [4.69, 9.17) is 16.3 Å². The molecule has 0 aliphatic carbocycles. The van der Waals surface area contributed by atoms with Crippen LogP contribution >= 0.6 is 11.6 Å². The van der Waals surface area contributed by atoms with Gasteiger partial charge in [-0.05, 0) is 49.4 Å². The lowest BCUT2D eigenvalue weighted by Crippen LogP contribution is -2.48. The molecule has 1 heterocycles. The molecule has 0 bridgehead atoms. The van der Waals surface area contributed by atoms with Crippen LogP contribution in [0.1, 0.15) is 6.92 Å². The summed E-state index contributed by atoms with van der Waals surface area (Å²) < 4.78 is 32.9. The fraction of sp³-hybridized carbons (Fsp3) is 0.350. The third-order valence-corrected chi connectivity index (χ3v) is 6.95. The highest BCUT2D eigenvalue weighted by Gasteiger charge is 2.28. The van der Waals surface area contributed by atoms with Gasteiger partial charge in [0.1, 0.15) is 5.75 Å². The highest BCUT2D eigenvalue weighted by molar-refractivity contribution is 7.89. The number of likely N-dealkylation sites (N-methyl/N-ethyl adjacent to an activating group) is 1. The van der Waals surface area contributed by atoms with Crippen LogP contribution in [0.15, 0.2) is 53.4 Å². The number of hydrogen-bond acceptors (Lipinski definition) is 5. The first kappa shape index (κ1) is 21.4. The first-order chi connectivity index (χ1) is 13.8. The zero-order chi connectivity index (χ0) is 21.0. The van der Waals surface area contributed by atoms with E-state index in [1.54, 1.807) is 19.1 Å². The van der Waals surface area contributed by atoms with Crippen LogP contribution in [-0.4, -0.2) is 58.0 Å². The maximum Gasteiger partial charge on any atom is 0.260 e. The van der Waals surface area contributed by atoms with E-state index in [2.05, 4.69) is 10.2 Å². The molecule has 29 heavy (non-hydrogen) atoms. The molecule has 0 unspecified atom stereocenters. The predicted octanol–water partition coefficient (Wildman–Crippen LogP) is 2.36. The van der Waals surface area contributed by atoms with Crippen molar-refractivity contribution in [2.75, 3.05) is 38.1 Å². The van der Waals surface area contributed by atoms with Gasteiger partial charge in [-0.2, -0.15) is 4.31 Å². The van der Waals surface area contributed by atoms with Gasteiger partial charge in [0.2, 0.25) is 10.0 Å². The summed E-state index contributed by atoms with van der Waals surface area (Å²) in [7, 11) is -2.06. The SMILES string of the molecule is CNC(=O)[C@@H](C)Oc1ccc(S(=O)(=O)N2CCN(c3cccc(Cl)c3)CC2)cc1. The van der Waals surface area contributed by atoms with Gasteiger partial charge in [-0.25, -0.2) is 8.42 Å². The van der Waals surface area contributed by atoms with Crippen molar-refractivity contribution >= 4 is 33.2 Å². The van der Waals surface area contributed by atoms with Gasteiger partial charge in [0.25, 0.3) is 5.91 Å². The van der Waals surface area contributed by atoms with Crippen LogP contribution in [0.3, 0.4) is 0 Å². The number of carbonyl (C=O) groups excluding carboxylic acids is 1. The van der Waals surface area contributed by atoms with E-state index in [1.807, 2.05) is 24.3 Å². The summed E-state index contributed by atoms with van der Waals surface area (Å²) in [6.45, 7) is 3.58. The molecule has 1 amide bonds. The standard InChI is InChI=1S/C20H24ClN3O4S/c1-15(20(25)22-2)28-18-6-8-19(9-7-18)29(26,27)24-12-10-23(11-13-24)17-5-3-4-16(21)14-17/h3-9,14-15H,10-13H2,1-2H3,(H,22,25)/t15-/m1/s1. The second-order valence-electron chi connectivity index (χ2n) is 6.72. The molecule has 0 radical (unpaired) electrons. The van der Waals surface area contributed by atoms with Crippen LogP contribution in [0.25, 0.3) is 0 Å². The number of nitrogens with zero attached hydrogens (tertiary/aromatic N) is 2. The Morgan fingerprint density at radius 3 is 2.34 bits per heavy atom. The second kappa shape index (κ2) is 9.02. The number of hydrogen-bond donors (Lipinski definition) is 1. The number of nitrogens with one attached hydrogen (secondary N) is 1. The molecule has 1 aliphatic heterocycles. The fourth-order valence-electron chi connectivity index (χ4n) is 3.16. The second-order valence-corrected chi connectivity index (χ2v) is 9.09. The summed E-state index contributed by atoms with van der Waals surface area (Å²) >= 11 is 6.05. The van der Waals surface area contributed by atoms with Crippen LogP contribution < -0.4 is 15.0 Å². The largest absolute Gasteiger partial charge is 0.481 e. The maximum absolute atomic E-state index is 13.0. The van der Waals surface area contributed by atoms with Gasteiger partial charge in [-0.3, -0.25) is 4.79 Å². The molecule has 0 saturated carbocycles. The lowest BCUT2D eigenvalue weighted by atomic mass is 10.2. The fourth-order valence-corrected chi connectivity index (χ4v) is 4.77. The average molecular weight is 438 g/mol. The Morgan fingerprint density at radius 2 is 1.76 bits per heavy atom. The molecule has 1 saturated heterocycles. The molecular formula is C20H24ClN3O4S. The van der Waals surface area contributed by atoms with Crippen LogP contribution in [-0.2, 0) is 14.8 Å². The van der Waals surface area contributed by atoms with Crippen molar-refractivity contribution < 1.29 is 17.9 Å². The number of rotatable bonds is 6. The lowest BCUT2D eigenvalue weighted by Gasteiger charge is -2.35. The molecule has 9 heteroatoms. The number of anilines is 1. The number of carbonyl (C=O) groups is 1. The molecular weight excluding hydrogens is 414 g/mol. The number of sulfonamides is 1. The van der Waals surface area contributed by atoms with Crippen molar-refractivity contribution in [3.8, 4) is 5.75 Å². The number of piperazine rings is 1. The monoisotopic (exact) mass is 437 g/mol. The molecule has 2 aromatic carbocycles. The van der Waals surface area contributed by atoms with Crippen LogP contribution in [0.5, 0.6) is 5.75 Å². The summed E-state index contributed by atoms with van der Waals surface area (Å²) in [5.74, 6) is 0.185. The maximum atomic E-state index is 13.0. The summed E-state index contributed by atoms with van der Waals surface area (Å²) in [6.07, 6.45) is -0.665. The van der Waals surface area contributed by atoms with Crippen molar-refractivity contribution in [3.05, 3.63) is 53.6 Å². The first-order valence-electron chi connectivity index (χ1n) is 9.30. The minimum atomic E-state index is -3.60. The molecule has 3 rings (SSSR count). The van der Waals surface area contributed by atoms with E-state index in [-0.39, 0.29) is 10.8 Å². The van der Waals surface area contributed by atoms with E-state index < -0.39 is 16.1 Å². The third kappa shape index (κ3) is 5.01. The van der Waals surface area contributed by atoms with Crippen molar-refractivity contribution in [2.45, 2.75) is 17.9 Å². The quantitative estimate of drug-likeness (QED) is 0.750. The van der Waals surface area contributed by atoms with Crippen molar-refractivity contribution in [1.82, 2.24) is 9.62 Å². The molecule has 7 nitrogen and oxygen atoms in total. The third-order valence-electron chi connectivity index (χ3n) is 4.80. The highest BCUT2D eigenvalue weighted by Crippen LogP contribution is 2.24. The van der Waals surface area contributed by atoms with Gasteiger partial charge in [-0.1, -0.05) is 17.7 Å². The average Bonchev–Trinajstić information content (AvgIpc) is 2.73.